The number of carbonyl (C=O) groups excluding carboxylic acids is 1. The topological polar surface area (TPSA) is 58.4 Å². The van der Waals surface area contributed by atoms with Gasteiger partial charge in [-0.25, -0.2) is 0 Å². The quantitative estimate of drug-likeness (QED) is 0.771. The van der Waals surface area contributed by atoms with Gasteiger partial charge in [-0.15, -0.1) is 24.8 Å². The number of hydrogen-bond donors (Lipinski definition) is 2. The van der Waals surface area contributed by atoms with Crippen LogP contribution in [0.3, 0.4) is 0 Å². The van der Waals surface area contributed by atoms with Gasteiger partial charge in [-0.3, -0.25) is 9.69 Å². The number of unbranched alkanes of at least 4 members (excludes halogenated alkanes) is 1. The molecule has 2 rings (SSSR count). The largest absolute Gasteiger partial charge is 0.353 e. The molecule has 0 aromatic carbocycles. The van der Waals surface area contributed by atoms with Gasteiger partial charge in [-0.1, -0.05) is 32.6 Å². The molecule has 1 aliphatic heterocycles. The summed E-state index contributed by atoms with van der Waals surface area (Å²) >= 11 is 0. The maximum atomic E-state index is 12.3. The number of piperidine rings is 1. The molecule has 0 aromatic heterocycles. The zero-order valence-electron chi connectivity index (χ0n) is 13.8. The van der Waals surface area contributed by atoms with Gasteiger partial charge in [0.1, 0.15) is 0 Å². The Bertz CT molecular complexity index is 323. The first kappa shape index (κ1) is 22.0. The molecule has 1 unspecified atom stereocenters. The first-order valence-electron chi connectivity index (χ1n) is 8.47. The van der Waals surface area contributed by atoms with Crippen LogP contribution in [0.2, 0.25) is 0 Å². The molecule has 3 N–H and O–H groups in total. The molecule has 6 heteroatoms. The lowest BCUT2D eigenvalue weighted by Gasteiger charge is -2.36. The summed E-state index contributed by atoms with van der Waals surface area (Å²) in [6.45, 7) is 5.37. The third kappa shape index (κ3) is 5.88. The minimum Gasteiger partial charge on any atom is -0.353 e. The SMILES string of the molecule is CCCCN1CCCCC1CNC(=O)C1(N)CCCC1.Cl.Cl. The number of nitrogens with one attached hydrogen (secondary N) is 1. The second kappa shape index (κ2) is 10.7. The van der Waals surface area contributed by atoms with Gasteiger partial charge in [0.15, 0.2) is 0 Å². The van der Waals surface area contributed by atoms with Gasteiger partial charge in [0.05, 0.1) is 5.54 Å². The van der Waals surface area contributed by atoms with Gasteiger partial charge in [-0.2, -0.15) is 0 Å². The first-order chi connectivity index (χ1) is 9.65. The number of nitrogens with zero attached hydrogens (tertiary/aromatic N) is 1. The Morgan fingerprint density at radius 1 is 1.23 bits per heavy atom. The summed E-state index contributed by atoms with van der Waals surface area (Å²) in [5, 5.41) is 3.14. The van der Waals surface area contributed by atoms with E-state index in [0.29, 0.717) is 6.04 Å². The first-order valence-corrected chi connectivity index (χ1v) is 8.47. The highest BCUT2D eigenvalue weighted by Gasteiger charge is 2.37. The molecular weight excluding hydrogens is 321 g/mol. The smallest absolute Gasteiger partial charge is 0.240 e. The van der Waals surface area contributed by atoms with E-state index < -0.39 is 5.54 Å². The average Bonchev–Trinajstić information content (AvgIpc) is 2.91. The van der Waals surface area contributed by atoms with Crippen LogP contribution >= 0.6 is 24.8 Å². The molecule has 1 aliphatic carbocycles. The molecule has 2 fully saturated rings. The number of carbonyl (C=O) groups is 1. The van der Waals surface area contributed by atoms with E-state index in [0.717, 1.165) is 32.2 Å². The highest BCUT2D eigenvalue weighted by atomic mass is 35.5. The molecular formula is C16H33Cl2N3O. The van der Waals surface area contributed by atoms with Crippen molar-refractivity contribution in [1.82, 2.24) is 10.2 Å². The van der Waals surface area contributed by atoms with Crippen LogP contribution in [0, 0.1) is 0 Å². The molecule has 4 nitrogen and oxygen atoms in total. The molecule has 1 heterocycles. The highest BCUT2D eigenvalue weighted by molar-refractivity contribution is 5.86. The Labute approximate surface area is 147 Å². The second-order valence-electron chi connectivity index (χ2n) is 6.61. The summed E-state index contributed by atoms with van der Waals surface area (Å²) < 4.78 is 0. The fraction of sp³-hybridized carbons (Fsp3) is 0.938. The van der Waals surface area contributed by atoms with Crippen LogP contribution < -0.4 is 11.1 Å². The molecule has 0 radical (unpaired) electrons. The van der Waals surface area contributed by atoms with Crippen LogP contribution in [0.15, 0.2) is 0 Å². The van der Waals surface area contributed by atoms with Crippen LogP contribution in [0.5, 0.6) is 0 Å². The number of rotatable bonds is 6. The van der Waals surface area contributed by atoms with Gasteiger partial charge in [0.25, 0.3) is 0 Å². The Kier molecular flexibility index (Phi) is 10.7. The number of hydrogen-bond acceptors (Lipinski definition) is 3. The van der Waals surface area contributed by atoms with Crippen LogP contribution in [0.4, 0.5) is 0 Å². The Morgan fingerprint density at radius 3 is 2.55 bits per heavy atom. The van der Waals surface area contributed by atoms with Crippen molar-refractivity contribution in [3.8, 4) is 0 Å². The van der Waals surface area contributed by atoms with Gasteiger partial charge >= 0.3 is 0 Å². The van der Waals surface area contributed by atoms with Crippen LogP contribution in [-0.4, -0.2) is 42.0 Å². The van der Waals surface area contributed by atoms with E-state index in [4.69, 9.17) is 5.73 Å². The van der Waals surface area contributed by atoms with E-state index in [9.17, 15) is 4.79 Å². The molecule has 0 bridgehead atoms. The monoisotopic (exact) mass is 353 g/mol. The summed E-state index contributed by atoms with van der Waals surface area (Å²) in [4.78, 5) is 14.8. The maximum Gasteiger partial charge on any atom is 0.240 e. The fourth-order valence-corrected chi connectivity index (χ4v) is 3.57. The highest BCUT2D eigenvalue weighted by Crippen LogP contribution is 2.27. The molecule has 0 spiro atoms. The van der Waals surface area contributed by atoms with Crippen molar-refractivity contribution >= 4 is 30.7 Å². The van der Waals surface area contributed by atoms with Crippen LogP contribution in [0.1, 0.15) is 64.7 Å². The lowest BCUT2D eigenvalue weighted by molar-refractivity contribution is -0.126. The van der Waals surface area contributed by atoms with Gasteiger partial charge in [-0.05, 0) is 45.2 Å². The minimum atomic E-state index is -0.580. The third-order valence-corrected chi connectivity index (χ3v) is 4.99. The van der Waals surface area contributed by atoms with Crippen molar-refractivity contribution in [1.29, 1.82) is 0 Å². The predicted molar refractivity (Wildman–Crippen MR) is 97.0 cm³/mol. The fourth-order valence-electron chi connectivity index (χ4n) is 3.57. The molecule has 0 aromatic rings. The Hall–Kier alpha value is -0.0300. The van der Waals surface area contributed by atoms with Crippen molar-refractivity contribution in [2.24, 2.45) is 5.73 Å². The second-order valence-corrected chi connectivity index (χ2v) is 6.61. The molecule has 1 atom stereocenters. The van der Waals surface area contributed by atoms with E-state index in [1.807, 2.05) is 0 Å². The van der Waals surface area contributed by atoms with E-state index >= 15 is 0 Å². The van der Waals surface area contributed by atoms with Crippen molar-refractivity contribution in [3.63, 3.8) is 0 Å². The van der Waals surface area contributed by atoms with Crippen molar-refractivity contribution in [3.05, 3.63) is 0 Å². The zero-order chi connectivity index (χ0) is 14.4. The van der Waals surface area contributed by atoms with Crippen molar-refractivity contribution in [2.75, 3.05) is 19.6 Å². The number of amides is 1. The molecule has 1 amide bonds. The van der Waals surface area contributed by atoms with E-state index in [1.165, 1.54) is 45.2 Å². The van der Waals surface area contributed by atoms with E-state index in [-0.39, 0.29) is 30.7 Å². The zero-order valence-corrected chi connectivity index (χ0v) is 15.4. The summed E-state index contributed by atoms with van der Waals surface area (Å²) in [5.41, 5.74) is 5.63. The van der Waals surface area contributed by atoms with Gasteiger partial charge in [0, 0.05) is 12.6 Å². The maximum absolute atomic E-state index is 12.3. The summed E-state index contributed by atoms with van der Waals surface area (Å²) in [6.07, 6.45) is 10.2. The standard InChI is InChI=1S/C16H31N3O.2ClH/c1-2-3-11-19-12-7-4-8-14(19)13-18-15(20)16(17)9-5-6-10-16;;/h14H,2-13,17H2,1H3,(H,18,20);2*1H. The summed E-state index contributed by atoms with van der Waals surface area (Å²) in [6, 6.07) is 0.518. The van der Waals surface area contributed by atoms with E-state index in [2.05, 4.69) is 17.1 Å². The van der Waals surface area contributed by atoms with Crippen LogP contribution in [0.25, 0.3) is 0 Å². The molecule has 1 saturated heterocycles. The molecule has 132 valence electrons. The number of nitrogens with two attached hydrogens (primary N) is 1. The Balaban J connectivity index is 0.00000220. The third-order valence-electron chi connectivity index (χ3n) is 4.99. The van der Waals surface area contributed by atoms with Crippen LogP contribution in [-0.2, 0) is 4.79 Å². The number of likely N-dealkylation sites (tertiary alicyclic amines) is 1. The lowest BCUT2D eigenvalue weighted by atomic mass is 9.97. The lowest BCUT2D eigenvalue weighted by Crippen LogP contribution is -2.55. The van der Waals surface area contributed by atoms with Crippen molar-refractivity contribution < 1.29 is 4.79 Å². The van der Waals surface area contributed by atoms with Gasteiger partial charge in [0.2, 0.25) is 5.91 Å². The van der Waals surface area contributed by atoms with E-state index in [1.54, 1.807) is 0 Å². The summed E-state index contributed by atoms with van der Waals surface area (Å²) in [5.74, 6) is 0.0796. The molecule has 22 heavy (non-hydrogen) atoms. The molecule has 2 aliphatic rings. The molecule has 1 saturated carbocycles. The normalized spacial score (nSPS) is 24.2. The summed E-state index contributed by atoms with van der Waals surface area (Å²) in [7, 11) is 0. The van der Waals surface area contributed by atoms with Crippen molar-refractivity contribution in [2.45, 2.75) is 76.3 Å². The Morgan fingerprint density at radius 2 is 1.91 bits per heavy atom. The average molecular weight is 354 g/mol. The predicted octanol–water partition coefficient (Wildman–Crippen LogP) is 2.87. The number of halogens is 2. The van der Waals surface area contributed by atoms with Gasteiger partial charge < -0.3 is 11.1 Å². The minimum absolute atomic E-state index is 0.